The van der Waals surface area contributed by atoms with Crippen molar-refractivity contribution in [2.75, 3.05) is 39.6 Å². The maximum absolute atomic E-state index is 13.1. The number of carbonyl (C=O) groups is 4. The second-order valence-corrected chi connectivity index (χ2v) is 34.3. The molecule has 0 fully saturated rings. The average Bonchev–Trinajstić information content (AvgIpc) is 0.916. The van der Waals surface area contributed by atoms with Crippen LogP contribution in [-0.4, -0.2) is 96.7 Å². The molecule has 0 bridgehead atoms. The van der Waals surface area contributed by atoms with E-state index in [-0.39, 0.29) is 25.7 Å². The highest BCUT2D eigenvalue weighted by Gasteiger charge is 2.30. The summed E-state index contributed by atoms with van der Waals surface area (Å²) in [6, 6.07) is 0. The number of phosphoric ester groups is 2. The zero-order valence-corrected chi connectivity index (χ0v) is 69.6. The molecule has 19 heteroatoms. The van der Waals surface area contributed by atoms with Crippen molar-refractivity contribution < 1.29 is 80.2 Å². The van der Waals surface area contributed by atoms with Gasteiger partial charge in [0, 0.05) is 25.7 Å². The van der Waals surface area contributed by atoms with Crippen LogP contribution in [0.25, 0.3) is 0 Å². The van der Waals surface area contributed by atoms with Crippen molar-refractivity contribution >= 4 is 39.5 Å². The van der Waals surface area contributed by atoms with E-state index in [1.54, 1.807) is 0 Å². The molecule has 0 amide bonds. The van der Waals surface area contributed by atoms with Gasteiger partial charge >= 0.3 is 39.5 Å². The summed E-state index contributed by atoms with van der Waals surface area (Å²) < 4.78 is 68.8. The Morgan fingerprint density at radius 1 is 0.282 bits per heavy atom. The van der Waals surface area contributed by atoms with Gasteiger partial charge in [-0.1, -0.05) is 389 Å². The lowest BCUT2D eigenvalue weighted by atomic mass is 9.99. The first kappa shape index (κ1) is 101. The molecule has 6 atom stereocenters. The van der Waals surface area contributed by atoms with Gasteiger partial charge in [0.05, 0.1) is 26.4 Å². The van der Waals surface area contributed by atoms with Gasteiger partial charge in [0.15, 0.2) is 12.2 Å². The maximum Gasteiger partial charge on any atom is 0.472 e. The lowest BCUT2D eigenvalue weighted by Crippen LogP contribution is -2.30. The molecule has 17 nitrogen and oxygen atoms in total. The van der Waals surface area contributed by atoms with Crippen molar-refractivity contribution in [3.63, 3.8) is 0 Å². The lowest BCUT2D eigenvalue weighted by molar-refractivity contribution is -0.161. The Morgan fingerprint density at radius 2 is 0.495 bits per heavy atom. The van der Waals surface area contributed by atoms with Gasteiger partial charge in [-0.05, 0) is 43.4 Å². The Labute approximate surface area is 632 Å². The minimum atomic E-state index is -4.96. The number of hydrogen-bond donors (Lipinski definition) is 3. The normalized spacial score (nSPS) is 14.2. The predicted octanol–water partition coefficient (Wildman–Crippen LogP) is 25.3. The molecular formula is C84H164O17P2. The summed E-state index contributed by atoms with van der Waals surface area (Å²) in [6.45, 7) is 12.0. The molecule has 0 heterocycles. The SMILES string of the molecule is CCCCCCCCCCCCCCCC(=O)O[C@H](COC(=O)CCCCCCCCCC(C)C)COP(=O)(O)OC[C@H](O)COP(=O)(O)OC[C@@H](COC(=O)CCCCCCCCCCCCCCCCCC(C)C)OC(=O)CCCCCCCCCCCCCCCCCCCCC(C)CC. The predicted molar refractivity (Wildman–Crippen MR) is 423 cm³/mol. The van der Waals surface area contributed by atoms with E-state index < -0.39 is 97.5 Å². The smallest absolute Gasteiger partial charge is 0.462 e. The van der Waals surface area contributed by atoms with E-state index in [2.05, 4.69) is 48.5 Å². The third kappa shape index (κ3) is 76.6. The molecule has 0 spiro atoms. The third-order valence-electron chi connectivity index (χ3n) is 20.0. The van der Waals surface area contributed by atoms with Crippen molar-refractivity contribution in [3.05, 3.63) is 0 Å². The number of hydrogen-bond acceptors (Lipinski definition) is 15. The van der Waals surface area contributed by atoms with Crippen LogP contribution in [0.15, 0.2) is 0 Å². The molecule has 612 valence electrons. The number of esters is 4. The number of ether oxygens (including phenoxy) is 4. The Bertz CT molecular complexity index is 1990. The number of carbonyl (C=O) groups excluding carboxylic acids is 4. The van der Waals surface area contributed by atoms with Crippen LogP contribution in [0.3, 0.4) is 0 Å². The molecule has 0 aliphatic rings. The Morgan fingerprint density at radius 3 is 0.738 bits per heavy atom. The summed E-state index contributed by atoms with van der Waals surface area (Å²) in [4.78, 5) is 73.1. The highest BCUT2D eigenvalue weighted by molar-refractivity contribution is 7.47. The largest absolute Gasteiger partial charge is 0.472 e. The molecule has 0 saturated heterocycles. The van der Waals surface area contributed by atoms with Gasteiger partial charge in [-0.2, -0.15) is 0 Å². The van der Waals surface area contributed by atoms with Gasteiger partial charge < -0.3 is 33.8 Å². The summed E-state index contributed by atoms with van der Waals surface area (Å²) >= 11 is 0. The minimum absolute atomic E-state index is 0.107. The summed E-state index contributed by atoms with van der Waals surface area (Å²) in [5, 5.41) is 10.7. The van der Waals surface area contributed by atoms with Crippen molar-refractivity contribution in [1.82, 2.24) is 0 Å². The summed E-state index contributed by atoms with van der Waals surface area (Å²) in [7, 11) is -9.92. The molecule has 103 heavy (non-hydrogen) atoms. The first-order valence-electron chi connectivity index (χ1n) is 43.4. The number of rotatable bonds is 82. The monoisotopic (exact) mass is 1510 g/mol. The van der Waals surface area contributed by atoms with E-state index in [9.17, 15) is 43.2 Å². The van der Waals surface area contributed by atoms with Crippen LogP contribution in [0.2, 0.25) is 0 Å². The quantitative estimate of drug-likeness (QED) is 0.0222. The fourth-order valence-corrected chi connectivity index (χ4v) is 14.6. The fraction of sp³-hybridized carbons (Fsp3) is 0.952. The molecular weight excluding hydrogens is 1340 g/mol. The Kier molecular flexibility index (Phi) is 72.8. The second-order valence-electron chi connectivity index (χ2n) is 31.4. The first-order chi connectivity index (χ1) is 49.8. The fourth-order valence-electron chi connectivity index (χ4n) is 13.0. The standard InChI is InChI=1S/C84H164O17P2/c1-8-10-11-12-13-14-15-25-33-38-45-53-60-67-83(88)101-80(72-95-82(87)66-59-52-47-40-42-49-56-63-76(5)6)74-99-103(92,93)97-70-78(85)69-96-102(90,91)98-73-79(71-94-81(86)65-58-51-44-37-32-28-24-20-21-26-30-35-41-48-55-62-75(3)4)100-84(89)68-61-54-46-39-34-29-23-19-17-16-18-22-27-31-36-43-50-57-64-77(7)9-2/h75-80,85H,8-74H2,1-7H3,(H,90,91)(H,92,93)/t77?,78-,79-,80-/m1/s1. The van der Waals surface area contributed by atoms with E-state index in [1.165, 1.54) is 244 Å². The van der Waals surface area contributed by atoms with Crippen molar-refractivity contribution in [2.24, 2.45) is 17.8 Å². The molecule has 0 aromatic rings. The van der Waals surface area contributed by atoms with Crippen LogP contribution in [-0.2, 0) is 65.4 Å². The maximum atomic E-state index is 13.1. The average molecular weight is 1510 g/mol. The van der Waals surface area contributed by atoms with Crippen LogP contribution in [0.5, 0.6) is 0 Å². The molecule has 0 aromatic heterocycles. The summed E-state index contributed by atoms with van der Waals surface area (Å²) in [5.41, 5.74) is 0. The zero-order valence-electron chi connectivity index (χ0n) is 67.8. The lowest BCUT2D eigenvalue weighted by Gasteiger charge is -2.21. The van der Waals surface area contributed by atoms with Crippen LogP contribution >= 0.6 is 15.6 Å². The number of unbranched alkanes of at least 4 members (excludes halogenated alkanes) is 49. The van der Waals surface area contributed by atoms with Gasteiger partial charge in [0.1, 0.15) is 19.3 Å². The Balaban J connectivity index is 5.22. The Hall–Kier alpha value is -1.94. The van der Waals surface area contributed by atoms with Crippen molar-refractivity contribution in [2.45, 2.75) is 458 Å². The molecule has 0 aliphatic carbocycles. The molecule has 0 rings (SSSR count). The molecule has 3 unspecified atom stereocenters. The molecule has 0 radical (unpaired) electrons. The topological polar surface area (TPSA) is 237 Å². The van der Waals surface area contributed by atoms with Crippen LogP contribution in [0.4, 0.5) is 0 Å². The van der Waals surface area contributed by atoms with E-state index in [1.807, 2.05) is 0 Å². The van der Waals surface area contributed by atoms with Crippen LogP contribution in [0.1, 0.15) is 440 Å². The van der Waals surface area contributed by atoms with Crippen molar-refractivity contribution in [3.8, 4) is 0 Å². The van der Waals surface area contributed by atoms with Crippen molar-refractivity contribution in [1.29, 1.82) is 0 Å². The van der Waals surface area contributed by atoms with Gasteiger partial charge in [0.2, 0.25) is 0 Å². The van der Waals surface area contributed by atoms with Gasteiger partial charge in [-0.3, -0.25) is 37.3 Å². The van der Waals surface area contributed by atoms with Crippen LogP contribution < -0.4 is 0 Å². The van der Waals surface area contributed by atoms with Gasteiger partial charge in [-0.15, -0.1) is 0 Å². The highest BCUT2D eigenvalue weighted by atomic mass is 31.2. The minimum Gasteiger partial charge on any atom is -0.462 e. The highest BCUT2D eigenvalue weighted by Crippen LogP contribution is 2.45. The molecule has 0 aliphatic heterocycles. The van der Waals surface area contributed by atoms with Crippen LogP contribution in [0, 0.1) is 17.8 Å². The first-order valence-corrected chi connectivity index (χ1v) is 46.4. The van der Waals surface area contributed by atoms with Gasteiger partial charge in [0.25, 0.3) is 0 Å². The van der Waals surface area contributed by atoms with E-state index >= 15 is 0 Å². The number of aliphatic hydroxyl groups excluding tert-OH is 1. The summed E-state index contributed by atoms with van der Waals surface area (Å²) in [6.07, 6.45) is 63.9. The van der Waals surface area contributed by atoms with Gasteiger partial charge in [-0.25, -0.2) is 9.13 Å². The summed E-state index contributed by atoms with van der Waals surface area (Å²) in [5.74, 6) is 0.275. The zero-order chi connectivity index (χ0) is 75.8. The number of phosphoric acid groups is 2. The number of aliphatic hydroxyl groups is 1. The third-order valence-corrected chi connectivity index (χ3v) is 21.9. The molecule has 3 N–H and O–H groups in total. The van der Waals surface area contributed by atoms with E-state index in [0.29, 0.717) is 31.6 Å². The van der Waals surface area contributed by atoms with E-state index in [4.69, 9.17) is 37.0 Å². The molecule has 0 saturated carbocycles. The van der Waals surface area contributed by atoms with E-state index in [0.717, 1.165) is 108 Å². The second kappa shape index (κ2) is 74.2. The molecule has 0 aromatic carbocycles.